The summed E-state index contributed by atoms with van der Waals surface area (Å²) in [5, 5.41) is 2.11. The van der Waals surface area contributed by atoms with E-state index >= 15 is 4.39 Å². The number of hydrogen-bond acceptors (Lipinski definition) is 2. The molecule has 3 N–H and O–H groups in total. The Labute approximate surface area is 185 Å². The van der Waals surface area contributed by atoms with Crippen molar-refractivity contribution in [3.8, 4) is 0 Å². The van der Waals surface area contributed by atoms with Crippen molar-refractivity contribution in [3.63, 3.8) is 0 Å². The van der Waals surface area contributed by atoms with Gasteiger partial charge in [-0.25, -0.2) is 13.2 Å². The Kier molecular flexibility index (Phi) is 6.02. The van der Waals surface area contributed by atoms with Crippen LogP contribution in [0.25, 0.3) is 0 Å². The van der Waals surface area contributed by atoms with E-state index in [4.69, 9.17) is 40.5 Å². The largest absolute Gasteiger partial charge is 0.369 e. The molecule has 2 amide bonds. The summed E-state index contributed by atoms with van der Waals surface area (Å²) in [6, 6.07) is 5.32. The van der Waals surface area contributed by atoms with E-state index < -0.39 is 56.1 Å². The Morgan fingerprint density at radius 2 is 1.77 bits per heavy atom. The van der Waals surface area contributed by atoms with Crippen molar-refractivity contribution in [2.24, 2.45) is 5.73 Å². The maximum absolute atomic E-state index is 15.4. The number of halogens is 6. The number of carbonyl (C=O) groups excluding carboxylic acids is 2. The first-order chi connectivity index (χ1) is 14.0. The minimum atomic E-state index is -2.03. The molecule has 0 bridgehead atoms. The first-order valence-corrected chi connectivity index (χ1v) is 10.0. The van der Waals surface area contributed by atoms with E-state index in [1.807, 2.05) is 0 Å². The SMILES string of the molecule is CCCNC(=O)c1c(F)ccc(C2(C(N)=O)C(c3ccc(F)c(Cl)c3)C2(Cl)Cl)c1F. The number of alkyl halides is 2. The number of carbonyl (C=O) groups is 2. The molecule has 0 spiro atoms. The van der Waals surface area contributed by atoms with E-state index in [2.05, 4.69) is 5.32 Å². The number of primary amides is 1. The monoisotopic (exact) mass is 478 g/mol. The predicted molar refractivity (Wildman–Crippen MR) is 108 cm³/mol. The van der Waals surface area contributed by atoms with E-state index in [-0.39, 0.29) is 17.1 Å². The van der Waals surface area contributed by atoms with Crippen LogP contribution in [0.1, 0.15) is 40.7 Å². The summed E-state index contributed by atoms with van der Waals surface area (Å²) in [5.74, 6) is -6.35. The highest BCUT2D eigenvalue weighted by molar-refractivity contribution is 6.55. The lowest BCUT2D eigenvalue weighted by Gasteiger charge is -2.18. The third kappa shape index (κ3) is 3.24. The van der Waals surface area contributed by atoms with Gasteiger partial charge < -0.3 is 11.1 Å². The molecule has 0 aromatic heterocycles. The lowest BCUT2D eigenvalue weighted by atomic mass is 9.88. The quantitative estimate of drug-likeness (QED) is 0.595. The number of rotatable bonds is 6. The highest BCUT2D eigenvalue weighted by atomic mass is 35.5. The molecule has 4 nitrogen and oxygen atoms in total. The summed E-state index contributed by atoms with van der Waals surface area (Å²) in [6.07, 6.45) is 0.541. The van der Waals surface area contributed by atoms with Gasteiger partial charge in [-0.1, -0.05) is 53.9 Å². The summed E-state index contributed by atoms with van der Waals surface area (Å²) in [6.45, 7) is 1.96. The Morgan fingerprint density at radius 3 is 2.33 bits per heavy atom. The van der Waals surface area contributed by atoms with Crippen LogP contribution in [0.15, 0.2) is 30.3 Å². The van der Waals surface area contributed by atoms with Crippen molar-refractivity contribution in [2.45, 2.75) is 29.0 Å². The van der Waals surface area contributed by atoms with E-state index in [0.717, 1.165) is 18.2 Å². The van der Waals surface area contributed by atoms with Gasteiger partial charge in [0.1, 0.15) is 32.8 Å². The second-order valence-electron chi connectivity index (χ2n) is 6.94. The Bertz CT molecular complexity index is 1050. The lowest BCUT2D eigenvalue weighted by molar-refractivity contribution is -0.120. The molecule has 0 aliphatic heterocycles. The van der Waals surface area contributed by atoms with Crippen LogP contribution in [-0.4, -0.2) is 22.7 Å². The number of amides is 2. The van der Waals surface area contributed by atoms with Crippen LogP contribution in [0.2, 0.25) is 5.02 Å². The van der Waals surface area contributed by atoms with Crippen LogP contribution in [-0.2, 0) is 10.2 Å². The number of hydrogen-bond donors (Lipinski definition) is 2. The highest BCUT2D eigenvalue weighted by Gasteiger charge is 2.81. The topological polar surface area (TPSA) is 72.2 Å². The molecule has 1 saturated carbocycles. The molecule has 1 fully saturated rings. The van der Waals surface area contributed by atoms with E-state index in [9.17, 15) is 18.4 Å². The Morgan fingerprint density at radius 1 is 1.13 bits per heavy atom. The van der Waals surface area contributed by atoms with Gasteiger partial charge in [-0.3, -0.25) is 9.59 Å². The van der Waals surface area contributed by atoms with Crippen molar-refractivity contribution >= 4 is 46.6 Å². The van der Waals surface area contributed by atoms with Gasteiger partial charge in [0, 0.05) is 18.0 Å². The van der Waals surface area contributed by atoms with Gasteiger partial charge in [-0.2, -0.15) is 0 Å². The van der Waals surface area contributed by atoms with Gasteiger partial charge >= 0.3 is 0 Å². The molecule has 0 radical (unpaired) electrons. The van der Waals surface area contributed by atoms with Crippen molar-refractivity contribution in [1.82, 2.24) is 5.32 Å². The summed E-state index contributed by atoms with van der Waals surface area (Å²) < 4.78 is 41.3. The summed E-state index contributed by atoms with van der Waals surface area (Å²) >= 11 is 18.6. The van der Waals surface area contributed by atoms with Crippen LogP contribution >= 0.6 is 34.8 Å². The van der Waals surface area contributed by atoms with Crippen LogP contribution in [0, 0.1) is 17.5 Å². The zero-order valence-electron chi connectivity index (χ0n) is 15.5. The summed E-state index contributed by atoms with van der Waals surface area (Å²) in [7, 11) is 0. The van der Waals surface area contributed by atoms with Crippen LogP contribution in [0.4, 0.5) is 13.2 Å². The third-order valence-electron chi connectivity index (χ3n) is 5.18. The van der Waals surface area contributed by atoms with E-state index in [0.29, 0.717) is 6.42 Å². The molecule has 1 aliphatic carbocycles. The standard InChI is InChI=1S/C20H16Cl3F3N2O2/c1-2-7-28-17(29)14-13(25)6-4-10(15(14)26)19(18(27)30)16(20(19,22)23)9-3-5-12(24)11(21)8-9/h3-6,8,16H,2,7H2,1H3,(H2,27,30)(H,28,29). The second-order valence-corrected chi connectivity index (χ2v) is 8.73. The maximum atomic E-state index is 15.4. The van der Waals surface area contributed by atoms with Crippen LogP contribution < -0.4 is 11.1 Å². The molecule has 0 saturated heterocycles. The van der Waals surface area contributed by atoms with Gasteiger partial charge in [-0.15, -0.1) is 0 Å². The van der Waals surface area contributed by atoms with Gasteiger partial charge in [0.15, 0.2) is 0 Å². The van der Waals surface area contributed by atoms with Gasteiger partial charge in [0.25, 0.3) is 5.91 Å². The van der Waals surface area contributed by atoms with E-state index in [1.54, 1.807) is 6.92 Å². The fraction of sp³-hybridized carbons (Fsp3) is 0.300. The van der Waals surface area contributed by atoms with Crippen molar-refractivity contribution < 1.29 is 22.8 Å². The molecule has 30 heavy (non-hydrogen) atoms. The Balaban J connectivity index is 2.19. The molecule has 10 heteroatoms. The average molecular weight is 480 g/mol. The molecule has 1 aliphatic rings. The first-order valence-electron chi connectivity index (χ1n) is 8.91. The zero-order chi connectivity index (χ0) is 22.4. The normalized spacial score (nSPS) is 21.9. The fourth-order valence-corrected chi connectivity index (χ4v) is 4.99. The number of nitrogens with one attached hydrogen (secondary N) is 1. The van der Waals surface area contributed by atoms with Crippen LogP contribution in [0.5, 0.6) is 0 Å². The molecule has 3 rings (SSSR count). The minimum absolute atomic E-state index is 0.189. The fourth-order valence-electron chi connectivity index (χ4n) is 3.72. The summed E-state index contributed by atoms with van der Waals surface area (Å²) in [4.78, 5) is 24.8. The van der Waals surface area contributed by atoms with Gasteiger partial charge in [0.05, 0.1) is 5.02 Å². The summed E-state index contributed by atoms with van der Waals surface area (Å²) in [5.41, 5.74) is 2.45. The minimum Gasteiger partial charge on any atom is -0.369 e. The smallest absolute Gasteiger partial charge is 0.257 e. The molecular formula is C20H16Cl3F3N2O2. The van der Waals surface area contributed by atoms with Gasteiger partial charge in [0.2, 0.25) is 5.91 Å². The molecular weight excluding hydrogens is 464 g/mol. The third-order valence-corrected chi connectivity index (χ3v) is 6.50. The molecule has 2 unspecified atom stereocenters. The average Bonchev–Trinajstić information content (AvgIpc) is 3.19. The molecule has 160 valence electrons. The highest BCUT2D eigenvalue weighted by Crippen LogP contribution is 2.74. The maximum Gasteiger partial charge on any atom is 0.257 e. The van der Waals surface area contributed by atoms with Crippen LogP contribution in [0.3, 0.4) is 0 Å². The van der Waals surface area contributed by atoms with Crippen molar-refractivity contribution in [2.75, 3.05) is 6.54 Å². The lowest BCUT2D eigenvalue weighted by Crippen LogP contribution is -2.36. The van der Waals surface area contributed by atoms with E-state index in [1.165, 1.54) is 12.1 Å². The molecule has 2 atom stereocenters. The molecule has 2 aromatic rings. The number of benzene rings is 2. The molecule has 0 heterocycles. The van der Waals surface area contributed by atoms with Gasteiger partial charge in [-0.05, 0) is 30.2 Å². The Hall–Kier alpha value is -1.96. The van der Waals surface area contributed by atoms with Crippen molar-refractivity contribution in [1.29, 1.82) is 0 Å². The zero-order valence-corrected chi connectivity index (χ0v) is 17.8. The predicted octanol–water partition coefficient (Wildman–Crippen LogP) is 4.59. The molecule has 2 aromatic carbocycles. The first kappa shape index (κ1) is 22.7. The van der Waals surface area contributed by atoms with Crippen molar-refractivity contribution in [3.05, 3.63) is 69.5 Å². The second kappa shape index (κ2) is 7.94. The number of nitrogens with two attached hydrogens (primary N) is 1.